The average Bonchev–Trinajstić information content (AvgIpc) is 3.48. The van der Waals surface area contributed by atoms with Gasteiger partial charge in [-0.15, -0.1) is 0 Å². The molecule has 0 unspecified atom stereocenters. The number of rotatable bonds is 9. The Kier molecular flexibility index (Phi) is 8.05. The summed E-state index contributed by atoms with van der Waals surface area (Å²) in [7, 11) is 0. The van der Waals surface area contributed by atoms with Crippen LogP contribution in [-0.2, 0) is 11.2 Å². The van der Waals surface area contributed by atoms with Crippen LogP contribution in [0.25, 0.3) is 23.0 Å². The molecule has 3 aromatic carbocycles. The summed E-state index contributed by atoms with van der Waals surface area (Å²) >= 11 is 6.93. The van der Waals surface area contributed by atoms with Crippen molar-refractivity contribution in [3.8, 4) is 22.7 Å². The van der Waals surface area contributed by atoms with Crippen molar-refractivity contribution in [3.05, 3.63) is 107 Å². The summed E-state index contributed by atoms with van der Waals surface area (Å²) in [5.74, 6) is 1.21. The molecule has 0 radical (unpaired) electrons. The van der Waals surface area contributed by atoms with Gasteiger partial charge in [-0.05, 0) is 60.4 Å². The summed E-state index contributed by atoms with van der Waals surface area (Å²) in [4.78, 5) is 15.6. The van der Waals surface area contributed by atoms with E-state index >= 15 is 0 Å². The van der Waals surface area contributed by atoms with E-state index in [4.69, 9.17) is 22.1 Å². The van der Waals surface area contributed by atoms with E-state index in [0.717, 1.165) is 34.7 Å². The minimum Gasteiger partial charge on any atom is -0.493 e. The highest BCUT2D eigenvalue weighted by Crippen LogP contribution is 2.35. The second-order valence-corrected chi connectivity index (χ2v) is 11.2. The van der Waals surface area contributed by atoms with Gasteiger partial charge < -0.3 is 4.74 Å². The van der Waals surface area contributed by atoms with Crippen LogP contribution in [0, 0.1) is 5.92 Å². The van der Waals surface area contributed by atoms with Gasteiger partial charge in [0, 0.05) is 23.9 Å². The Hall–Kier alpha value is -3.68. The Labute approximate surface area is 233 Å². The Morgan fingerprint density at radius 3 is 2.34 bits per heavy atom. The number of ether oxygens (including phenoxy) is 1. The highest BCUT2D eigenvalue weighted by molar-refractivity contribution is 8.26. The molecule has 38 heavy (non-hydrogen) atoms. The van der Waals surface area contributed by atoms with E-state index in [1.165, 1.54) is 17.3 Å². The Bertz CT molecular complexity index is 1450. The summed E-state index contributed by atoms with van der Waals surface area (Å²) in [6.45, 7) is 5.47. The van der Waals surface area contributed by atoms with Gasteiger partial charge in [0.1, 0.15) is 10.1 Å². The number of carbonyl (C=O) groups is 1. The maximum Gasteiger partial charge on any atom is 0.266 e. The first-order chi connectivity index (χ1) is 18.5. The third-order valence-electron chi connectivity index (χ3n) is 6.10. The number of amides is 1. The Morgan fingerprint density at radius 2 is 1.66 bits per heavy atom. The van der Waals surface area contributed by atoms with Gasteiger partial charge in [-0.3, -0.25) is 9.69 Å². The molecule has 1 amide bonds. The van der Waals surface area contributed by atoms with Crippen molar-refractivity contribution in [2.45, 2.75) is 20.3 Å². The number of thiocarbonyl (C=S) groups is 1. The van der Waals surface area contributed by atoms with Crippen LogP contribution in [0.1, 0.15) is 25.0 Å². The van der Waals surface area contributed by atoms with Crippen LogP contribution in [0.2, 0.25) is 0 Å². The molecule has 5 rings (SSSR count). The zero-order chi connectivity index (χ0) is 26.5. The van der Waals surface area contributed by atoms with E-state index in [1.54, 1.807) is 4.90 Å². The summed E-state index contributed by atoms with van der Waals surface area (Å²) < 4.78 is 8.29. The molecule has 0 N–H and O–H groups in total. The van der Waals surface area contributed by atoms with Gasteiger partial charge in [0.15, 0.2) is 0 Å². The molecule has 192 valence electrons. The summed E-state index contributed by atoms with van der Waals surface area (Å²) in [5.41, 5.74) is 4.72. The molecule has 0 spiro atoms. The first kappa shape index (κ1) is 25.9. The lowest BCUT2D eigenvalue weighted by molar-refractivity contribution is -0.122. The fraction of sp³-hybridized carbons (Fsp3) is 0.194. The predicted octanol–water partition coefficient (Wildman–Crippen LogP) is 7.02. The molecule has 0 bridgehead atoms. The minimum absolute atomic E-state index is 0.0632. The number of para-hydroxylation sites is 1. The number of hydrogen-bond donors (Lipinski definition) is 0. The third kappa shape index (κ3) is 6.06. The van der Waals surface area contributed by atoms with Crippen molar-refractivity contribution < 1.29 is 9.53 Å². The molecule has 1 aliphatic heterocycles. The maximum absolute atomic E-state index is 13.3. The third-order valence-corrected chi connectivity index (χ3v) is 7.48. The Balaban J connectivity index is 1.44. The van der Waals surface area contributed by atoms with Crippen molar-refractivity contribution >= 4 is 40.3 Å². The molecule has 0 aliphatic carbocycles. The highest BCUT2D eigenvalue weighted by atomic mass is 32.2. The average molecular weight is 540 g/mol. The second-order valence-electron chi connectivity index (χ2n) is 9.51. The molecule has 1 saturated heterocycles. The zero-order valence-corrected chi connectivity index (χ0v) is 23.0. The number of benzene rings is 3. The topological polar surface area (TPSA) is 47.4 Å². The molecule has 0 saturated carbocycles. The van der Waals surface area contributed by atoms with E-state index in [-0.39, 0.29) is 5.91 Å². The minimum atomic E-state index is -0.0632. The number of hydrogen-bond acceptors (Lipinski definition) is 5. The lowest BCUT2D eigenvalue weighted by Gasteiger charge is -2.14. The van der Waals surface area contributed by atoms with Crippen LogP contribution in [-0.4, -0.2) is 38.1 Å². The number of nitrogens with zero attached hydrogens (tertiary/aromatic N) is 3. The van der Waals surface area contributed by atoms with Gasteiger partial charge in [0.25, 0.3) is 5.91 Å². The molecular formula is C31H29N3O2S2. The van der Waals surface area contributed by atoms with Crippen LogP contribution in [0.15, 0.2) is 96.0 Å². The van der Waals surface area contributed by atoms with Gasteiger partial charge in [-0.2, -0.15) is 5.10 Å². The standard InChI is InChI=1S/C31H29N3O2S2/c1-22(2)21-36-27-15-13-24(14-16-27)29-25(20-34(32-29)26-11-7-4-8-12-26)19-28-30(35)33(31(37)38-28)18-17-23-9-5-3-6-10-23/h3-16,19-20,22H,17-18,21H2,1-2H3/b28-19-. The molecule has 7 heteroatoms. The van der Waals surface area contributed by atoms with Crippen molar-refractivity contribution in [1.29, 1.82) is 0 Å². The molecule has 5 nitrogen and oxygen atoms in total. The van der Waals surface area contributed by atoms with Crippen LogP contribution in [0.5, 0.6) is 5.75 Å². The first-order valence-electron chi connectivity index (χ1n) is 12.7. The molecule has 4 aromatic rings. The van der Waals surface area contributed by atoms with E-state index < -0.39 is 0 Å². The fourth-order valence-electron chi connectivity index (χ4n) is 4.12. The van der Waals surface area contributed by atoms with Crippen LogP contribution >= 0.6 is 24.0 Å². The van der Waals surface area contributed by atoms with E-state index in [1.807, 2.05) is 89.8 Å². The van der Waals surface area contributed by atoms with Gasteiger partial charge in [0.2, 0.25) is 0 Å². The highest BCUT2D eigenvalue weighted by Gasteiger charge is 2.32. The van der Waals surface area contributed by atoms with Crippen molar-refractivity contribution in [3.63, 3.8) is 0 Å². The van der Waals surface area contributed by atoms with E-state index in [9.17, 15) is 4.79 Å². The van der Waals surface area contributed by atoms with E-state index in [2.05, 4.69) is 26.0 Å². The van der Waals surface area contributed by atoms with Crippen LogP contribution in [0.3, 0.4) is 0 Å². The lowest BCUT2D eigenvalue weighted by Crippen LogP contribution is -2.30. The Morgan fingerprint density at radius 1 is 0.974 bits per heavy atom. The molecule has 2 heterocycles. The molecule has 0 atom stereocenters. The largest absolute Gasteiger partial charge is 0.493 e. The molecular weight excluding hydrogens is 510 g/mol. The predicted molar refractivity (Wildman–Crippen MR) is 159 cm³/mol. The monoisotopic (exact) mass is 539 g/mol. The number of aromatic nitrogens is 2. The maximum atomic E-state index is 13.3. The normalized spacial score (nSPS) is 14.6. The van der Waals surface area contributed by atoms with Crippen LogP contribution in [0.4, 0.5) is 0 Å². The summed E-state index contributed by atoms with van der Waals surface area (Å²) in [5, 5.41) is 4.90. The van der Waals surface area contributed by atoms with Crippen molar-refractivity contribution in [2.24, 2.45) is 5.92 Å². The molecule has 1 aliphatic rings. The lowest BCUT2D eigenvalue weighted by atomic mass is 10.1. The zero-order valence-electron chi connectivity index (χ0n) is 21.4. The van der Waals surface area contributed by atoms with Gasteiger partial charge in [-0.1, -0.05) is 86.4 Å². The smallest absolute Gasteiger partial charge is 0.266 e. The van der Waals surface area contributed by atoms with Crippen molar-refractivity contribution in [2.75, 3.05) is 13.2 Å². The van der Waals surface area contributed by atoms with Gasteiger partial charge in [0.05, 0.1) is 22.9 Å². The SMILES string of the molecule is CC(C)COc1ccc(-c2nn(-c3ccccc3)cc2/C=C2\SC(=S)N(CCc3ccccc3)C2=O)cc1. The van der Waals surface area contributed by atoms with E-state index in [0.29, 0.717) is 28.3 Å². The molecule has 1 aromatic heterocycles. The van der Waals surface area contributed by atoms with Crippen LogP contribution < -0.4 is 4.74 Å². The van der Waals surface area contributed by atoms with Gasteiger partial charge >= 0.3 is 0 Å². The number of carbonyl (C=O) groups excluding carboxylic acids is 1. The summed E-state index contributed by atoms with van der Waals surface area (Å²) in [6, 6.07) is 28.0. The fourth-order valence-corrected chi connectivity index (χ4v) is 5.42. The molecule has 1 fully saturated rings. The quantitative estimate of drug-likeness (QED) is 0.169. The first-order valence-corrected chi connectivity index (χ1v) is 13.9. The second kappa shape index (κ2) is 11.8. The number of thioether (sulfide) groups is 1. The van der Waals surface area contributed by atoms with Crippen molar-refractivity contribution in [1.82, 2.24) is 14.7 Å². The van der Waals surface area contributed by atoms with Gasteiger partial charge in [-0.25, -0.2) is 4.68 Å². The summed E-state index contributed by atoms with van der Waals surface area (Å²) in [6.07, 6.45) is 4.63.